The summed E-state index contributed by atoms with van der Waals surface area (Å²) in [7, 11) is 0. The molecule has 2 heterocycles. The van der Waals surface area contributed by atoms with Crippen molar-refractivity contribution in [1.29, 1.82) is 5.26 Å². The van der Waals surface area contributed by atoms with Gasteiger partial charge in [0, 0.05) is 17.1 Å². The molecule has 0 saturated heterocycles. The molecule has 0 radical (unpaired) electrons. The Labute approximate surface area is 109 Å². The highest BCUT2D eigenvalue weighted by molar-refractivity contribution is 6.15. The topological polar surface area (TPSA) is 69.8 Å². The van der Waals surface area contributed by atoms with Gasteiger partial charge in [0.15, 0.2) is 5.76 Å². The number of nitriles is 1. The molecule has 92 valence electrons. The van der Waals surface area contributed by atoms with Gasteiger partial charge in [-0.1, -0.05) is 0 Å². The van der Waals surface area contributed by atoms with Crippen LogP contribution in [-0.4, -0.2) is 10.8 Å². The predicted molar refractivity (Wildman–Crippen MR) is 69.9 cm³/mol. The molecule has 1 N–H and O–H groups in total. The Morgan fingerprint density at radius 2 is 2.21 bits per heavy atom. The summed E-state index contributed by atoms with van der Waals surface area (Å²) in [4.78, 5) is 15.4. The molecule has 4 heteroatoms. The molecule has 0 amide bonds. The smallest absolute Gasteiger partial charge is 0.230 e. The molecule has 0 saturated carbocycles. The SMILES string of the molecule is Cc1ccoc1C(=O)c1c[nH]c2ccc(C#N)cc12. The number of carbonyl (C=O) groups excluding carboxylic acids is 1. The van der Waals surface area contributed by atoms with Crippen molar-refractivity contribution >= 4 is 16.7 Å². The quantitative estimate of drug-likeness (QED) is 0.710. The second-order valence-electron chi connectivity index (χ2n) is 4.34. The van der Waals surface area contributed by atoms with Gasteiger partial charge in [-0.2, -0.15) is 5.26 Å². The molecule has 4 nitrogen and oxygen atoms in total. The lowest BCUT2D eigenvalue weighted by molar-refractivity contribution is 0.101. The van der Waals surface area contributed by atoms with Gasteiger partial charge in [-0.3, -0.25) is 4.79 Å². The van der Waals surface area contributed by atoms with Crippen molar-refractivity contribution in [3.63, 3.8) is 0 Å². The van der Waals surface area contributed by atoms with Gasteiger partial charge in [0.05, 0.1) is 23.5 Å². The molecule has 0 fully saturated rings. The van der Waals surface area contributed by atoms with E-state index in [1.807, 2.05) is 6.92 Å². The summed E-state index contributed by atoms with van der Waals surface area (Å²) in [5.41, 5.74) is 2.67. The molecule has 0 bridgehead atoms. The van der Waals surface area contributed by atoms with Crippen LogP contribution >= 0.6 is 0 Å². The van der Waals surface area contributed by atoms with E-state index in [1.54, 1.807) is 30.5 Å². The number of rotatable bonds is 2. The van der Waals surface area contributed by atoms with E-state index in [4.69, 9.17) is 9.68 Å². The number of H-pyrrole nitrogens is 1. The van der Waals surface area contributed by atoms with E-state index >= 15 is 0 Å². The first-order valence-electron chi connectivity index (χ1n) is 5.80. The average molecular weight is 250 g/mol. The van der Waals surface area contributed by atoms with Crippen LogP contribution in [-0.2, 0) is 0 Å². The molecular formula is C15H10N2O2. The number of aryl methyl sites for hydroxylation is 1. The average Bonchev–Trinajstić information content (AvgIpc) is 3.03. The van der Waals surface area contributed by atoms with E-state index in [0.717, 1.165) is 16.5 Å². The predicted octanol–water partition coefficient (Wildman–Crippen LogP) is 3.17. The molecule has 3 aromatic rings. The summed E-state index contributed by atoms with van der Waals surface area (Å²) < 4.78 is 5.23. The number of benzene rings is 1. The largest absolute Gasteiger partial charge is 0.461 e. The first kappa shape index (κ1) is 11.3. The molecule has 2 aromatic heterocycles. The van der Waals surface area contributed by atoms with Crippen molar-refractivity contribution in [2.24, 2.45) is 0 Å². The fourth-order valence-corrected chi connectivity index (χ4v) is 2.11. The van der Waals surface area contributed by atoms with E-state index in [-0.39, 0.29) is 5.78 Å². The Hall–Kier alpha value is -2.80. The Morgan fingerprint density at radius 1 is 1.37 bits per heavy atom. The van der Waals surface area contributed by atoms with Crippen LogP contribution < -0.4 is 0 Å². The highest BCUT2D eigenvalue weighted by atomic mass is 16.3. The molecule has 0 unspecified atom stereocenters. The minimum absolute atomic E-state index is 0.177. The summed E-state index contributed by atoms with van der Waals surface area (Å²) >= 11 is 0. The van der Waals surface area contributed by atoms with E-state index in [9.17, 15) is 4.79 Å². The van der Waals surface area contributed by atoms with E-state index in [1.165, 1.54) is 6.26 Å². The first-order valence-corrected chi connectivity index (χ1v) is 5.80. The minimum atomic E-state index is -0.177. The van der Waals surface area contributed by atoms with Crippen LogP contribution in [0.25, 0.3) is 10.9 Å². The monoisotopic (exact) mass is 250 g/mol. The van der Waals surface area contributed by atoms with Crippen LogP contribution in [0.4, 0.5) is 0 Å². The van der Waals surface area contributed by atoms with Crippen molar-refractivity contribution in [1.82, 2.24) is 4.98 Å². The van der Waals surface area contributed by atoms with Gasteiger partial charge in [-0.15, -0.1) is 0 Å². The van der Waals surface area contributed by atoms with Crippen LogP contribution in [0.2, 0.25) is 0 Å². The maximum atomic E-state index is 12.4. The molecule has 0 aliphatic rings. The maximum absolute atomic E-state index is 12.4. The van der Waals surface area contributed by atoms with Crippen molar-refractivity contribution in [3.8, 4) is 6.07 Å². The van der Waals surface area contributed by atoms with Gasteiger partial charge in [0.1, 0.15) is 0 Å². The van der Waals surface area contributed by atoms with Crippen LogP contribution in [0, 0.1) is 18.3 Å². The van der Waals surface area contributed by atoms with Gasteiger partial charge < -0.3 is 9.40 Å². The van der Waals surface area contributed by atoms with Crippen LogP contribution in [0.1, 0.15) is 27.2 Å². The summed E-state index contributed by atoms with van der Waals surface area (Å²) in [6, 6.07) is 9.04. The lowest BCUT2D eigenvalue weighted by atomic mass is 10.0. The van der Waals surface area contributed by atoms with E-state index in [2.05, 4.69) is 11.1 Å². The number of fused-ring (bicyclic) bond motifs is 1. The van der Waals surface area contributed by atoms with Crippen molar-refractivity contribution in [3.05, 3.63) is 59.2 Å². The first-order chi connectivity index (χ1) is 9.20. The van der Waals surface area contributed by atoms with Crippen molar-refractivity contribution in [2.45, 2.75) is 6.92 Å². The Bertz CT molecular complexity index is 818. The number of carbonyl (C=O) groups is 1. The third-order valence-corrected chi connectivity index (χ3v) is 3.12. The maximum Gasteiger partial charge on any atom is 0.230 e. The zero-order valence-electron chi connectivity index (χ0n) is 10.2. The summed E-state index contributed by atoms with van der Waals surface area (Å²) in [6.07, 6.45) is 3.15. The van der Waals surface area contributed by atoms with Gasteiger partial charge in [-0.05, 0) is 36.8 Å². The van der Waals surface area contributed by atoms with Gasteiger partial charge in [0.25, 0.3) is 0 Å². The molecule has 0 spiro atoms. The molecule has 3 rings (SSSR count). The molecule has 0 atom stereocenters. The van der Waals surface area contributed by atoms with Crippen molar-refractivity contribution < 1.29 is 9.21 Å². The zero-order chi connectivity index (χ0) is 13.4. The lowest BCUT2D eigenvalue weighted by Crippen LogP contribution is -2.00. The normalized spacial score (nSPS) is 10.5. The fourth-order valence-electron chi connectivity index (χ4n) is 2.11. The number of nitrogens with one attached hydrogen (secondary N) is 1. The number of ketones is 1. The second kappa shape index (κ2) is 4.14. The Morgan fingerprint density at radius 3 is 2.89 bits per heavy atom. The lowest BCUT2D eigenvalue weighted by Gasteiger charge is -1.98. The van der Waals surface area contributed by atoms with E-state index in [0.29, 0.717) is 16.9 Å². The molecule has 1 aromatic carbocycles. The van der Waals surface area contributed by atoms with Crippen LogP contribution in [0.5, 0.6) is 0 Å². The van der Waals surface area contributed by atoms with E-state index < -0.39 is 0 Å². The fraction of sp³-hybridized carbons (Fsp3) is 0.0667. The summed E-state index contributed by atoms with van der Waals surface area (Å²) in [6.45, 7) is 1.83. The van der Waals surface area contributed by atoms with Gasteiger partial charge in [0.2, 0.25) is 5.78 Å². The van der Waals surface area contributed by atoms with Gasteiger partial charge in [-0.25, -0.2) is 0 Å². The minimum Gasteiger partial charge on any atom is -0.461 e. The highest BCUT2D eigenvalue weighted by Crippen LogP contribution is 2.23. The van der Waals surface area contributed by atoms with Crippen molar-refractivity contribution in [2.75, 3.05) is 0 Å². The number of aromatic amines is 1. The molecule has 0 aliphatic carbocycles. The number of furan rings is 1. The number of aromatic nitrogens is 1. The highest BCUT2D eigenvalue weighted by Gasteiger charge is 2.18. The summed E-state index contributed by atoms with van der Waals surface area (Å²) in [5, 5.41) is 9.66. The number of hydrogen-bond acceptors (Lipinski definition) is 3. The zero-order valence-corrected chi connectivity index (χ0v) is 10.2. The molecular weight excluding hydrogens is 240 g/mol. The standard InChI is InChI=1S/C15H10N2O2/c1-9-4-5-19-15(9)14(18)12-8-17-13-3-2-10(7-16)6-11(12)13/h2-6,8,17H,1H3. The summed E-state index contributed by atoms with van der Waals surface area (Å²) in [5.74, 6) is 0.159. The van der Waals surface area contributed by atoms with Gasteiger partial charge >= 0.3 is 0 Å². The van der Waals surface area contributed by atoms with Crippen LogP contribution in [0.15, 0.2) is 41.1 Å². The molecule has 0 aliphatic heterocycles. The Kier molecular flexibility index (Phi) is 2.46. The third kappa shape index (κ3) is 1.72. The number of nitrogens with zero attached hydrogens (tertiary/aromatic N) is 1. The van der Waals surface area contributed by atoms with Crippen LogP contribution in [0.3, 0.4) is 0 Å². The second-order valence-corrected chi connectivity index (χ2v) is 4.34. The molecule has 19 heavy (non-hydrogen) atoms. The third-order valence-electron chi connectivity index (χ3n) is 3.12. The number of hydrogen-bond donors (Lipinski definition) is 1. The Balaban J connectivity index is 2.18.